The molecule has 0 spiro atoms. The van der Waals surface area contributed by atoms with Gasteiger partial charge >= 0.3 is 6.09 Å². The maximum Gasteiger partial charge on any atom is 0.410 e. The minimum Gasteiger partial charge on any atom is -0.444 e. The maximum atomic E-state index is 12.3. The van der Waals surface area contributed by atoms with Gasteiger partial charge in [0.2, 0.25) is 0 Å². The quantitative estimate of drug-likeness (QED) is 0.672. The molecular weight excluding hydrogens is 360 g/mol. The molecule has 27 heavy (non-hydrogen) atoms. The van der Waals surface area contributed by atoms with Gasteiger partial charge in [-0.3, -0.25) is 0 Å². The molecule has 1 aliphatic heterocycles. The van der Waals surface area contributed by atoms with Crippen LogP contribution in [0.1, 0.15) is 42.2 Å². The van der Waals surface area contributed by atoms with E-state index in [0.29, 0.717) is 19.5 Å². The number of thiazole rings is 1. The molecule has 0 fully saturated rings. The van der Waals surface area contributed by atoms with Crippen molar-refractivity contribution in [2.75, 3.05) is 6.54 Å². The van der Waals surface area contributed by atoms with Gasteiger partial charge in [0, 0.05) is 24.9 Å². The fourth-order valence-electron chi connectivity index (χ4n) is 3.30. The summed E-state index contributed by atoms with van der Waals surface area (Å²) in [5.41, 5.74) is 2.77. The lowest BCUT2D eigenvalue weighted by Crippen LogP contribution is -2.39. The number of amides is 1. The number of aromatic nitrogens is 3. The van der Waals surface area contributed by atoms with Crippen LogP contribution >= 0.6 is 11.3 Å². The predicted octanol–water partition coefficient (Wildman–Crippen LogP) is 3.91. The van der Waals surface area contributed by atoms with Crippen molar-refractivity contribution in [1.29, 1.82) is 0 Å². The highest BCUT2D eigenvalue weighted by Crippen LogP contribution is 2.28. The molecule has 0 radical (unpaired) electrons. The van der Waals surface area contributed by atoms with E-state index in [0.717, 1.165) is 38.9 Å². The molecular formula is C20H24N4O2S. The van der Waals surface area contributed by atoms with Crippen LogP contribution in [0.3, 0.4) is 0 Å². The van der Waals surface area contributed by atoms with Gasteiger partial charge in [-0.05, 0) is 32.9 Å². The Bertz CT molecular complexity index is 999. The number of hydrogen-bond donors (Lipinski definition) is 0. The summed E-state index contributed by atoms with van der Waals surface area (Å²) in [5.74, 6) is 1.01. The summed E-state index contributed by atoms with van der Waals surface area (Å²) >= 11 is 1.67. The number of benzene rings is 1. The van der Waals surface area contributed by atoms with E-state index in [1.165, 1.54) is 0 Å². The third-order valence-corrected chi connectivity index (χ3v) is 5.70. The fraction of sp³-hybridized carbons (Fsp3) is 0.450. The number of carbonyl (C=O) groups excluding carboxylic acids is 1. The largest absolute Gasteiger partial charge is 0.444 e. The fourth-order valence-corrected chi connectivity index (χ4v) is 4.42. The second-order valence-electron chi connectivity index (χ2n) is 7.88. The topological polar surface area (TPSA) is 60.2 Å². The number of ether oxygens (including phenoxy) is 1. The molecule has 0 N–H and O–H groups in total. The normalized spacial score (nSPS) is 14.4. The average molecular weight is 385 g/mol. The summed E-state index contributed by atoms with van der Waals surface area (Å²) in [5, 5.41) is 1.05. The van der Waals surface area contributed by atoms with Crippen LogP contribution in [-0.4, -0.2) is 37.7 Å². The van der Waals surface area contributed by atoms with Crippen molar-refractivity contribution in [3.63, 3.8) is 0 Å². The van der Waals surface area contributed by atoms with Gasteiger partial charge in [0.15, 0.2) is 0 Å². The van der Waals surface area contributed by atoms with Crippen LogP contribution in [0.15, 0.2) is 24.3 Å². The standard InChI is InChI=1S/C20H24N4O2S/c1-20(2,3)26-19(25)24-10-9-14-16(12-24)27-18(22-14)11-17-21-13-7-5-6-8-15(13)23(17)4/h5-8H,9-12H2,1-4H3. The smallest absolute Gasteiger partial charge is 0.410 e. The molecule has 1 aliphatic rings. The second-order valence-corrected chi connectivity index (χ2v) is 9.05. The van der Waals surface area contributed by atoms with Crippen LogP contribution in [0.4, 0.5) is 4.79 Å². The van der Waals surface area contributed by atoms with Gasteiger partial charge in [-0.2, -0.15) is 0 Å². The van der Waals surface area contributed by atoms with Gasteiger partial charge < -0.3 is 14.2 Å². The van der Waals surface area contributed by atoms with Gasteiger partial charge in [-0.1, -0.05) is 12.1 Å². The molecule has 0 aliphatic carbocycles. The number of aryl methyl sites for hydroxylation is 1. The molecule has 1 aromatic carbocycles. The zero-order chi connectivity index (χ0) is 19.2. The zero-order valence-electron chi connectivity index (χ0n) is 16.2. The number of para-hydroxylation sites is 2. The van der Waals surface area contributed by atoms with Crippen LogP contribution in [0.2, 0.25) is 0 Å². The molecule has 4 rings (SSSR count). The minimum atomic E-state index is -0.476. The molecule has 3 heterocycles. The third kappa shape index (κ3) is 3.69. The van der Waals surface area contributed by atoms with Crippen LogP contribution in [-0.2, 0) is 31.2 Å². The van der Waals surface area contributed by atoms with Gasteiger partial charge in [-0.15, -0.1) is 11.3 Å². The molecule has 142 valence electrons. The van der Waals surface area contributed by atoms with Crippen LogP contribution < -0.4 is 0 Å². The summed E-state index contributed by atoms with van der Waals surface area (Å²) in [6.07, 6.45) is 1.22. The number of hydrogen-bond acceptors (Lipinski definition) is 5. The van der Waals surface area contributed by atoms with Crippen molar-refractivity contribution in [1.82, 2.24) is 19.4 Å². The summed E-state index contributed by atoms with van der Waals surface area (Å²) in [7, 11) is 2.04. The zero-order valence-corrected chi connectivity index (χ0v) is 17.0. The summed E-state index contributed by atoms with van der Waals surface area (Å²) in [4.78, 5) is 24.8. The molecule has 0 saturated heterocycles. The SMILES string of the molecule is Cn1c(Cc2nc3c(s2)CN(C(=O)OC(C)(C)C)CC3)nc2ccccc21. The van der Waals surface area contributed by atoms with Crippen molar-refractivity contribution in [3.05, 3.63) is 45.7 Å². The summed E-state index contributed by atoms with van der Waals surface area (Å²) < 4.78 is 7.63. The Labute approximate surface area is 162 Å². The summed E-state index contributed by atoms with van der Waals surface area (Å²) in [6, 6.07) is 8.15. The molecule has 1 amide bonds. The third-order valence-electron chi connectivity index (χ3n) is 4.62. The Morgan fingerprint density at radius 2 is 2.04 bits per heavy atom. The van der Waals surface area contributed by atoms with Gasteiger partial charge in [0.05, 0.1) is 29.7 Å². The number of carbonyl (C=O) groups is 1. The molecule has 6 nitrogen and oxygen atoms in total. The van der Waals surface area contributed by atoms with E-state index in [4.69, 9.17) is 14.7 Å². The molecule has 0 unspecified atom stereocenters. The lowest BCUT2D eigenvalue weighted by molar-refractivity contribution is 0.0225. The molecule has 2 aromatic heterocycles. The van der Waals surface area contributed by atoms with Crippen LogP contribution in [0, 0.1) is 0 Å². The highest BCUT2D eigenvalue weighted by Gasteiger charge is 2.28. The average Bonchev–Trinajstić information content (AvgIpc) is 3.14. The first-order valence-electron chi connectivity index (χ1n) is 9.16. The van der Waals surface area contributed by atoms with Crippen molar-refractivity contribution in [2.24, 2.45) is 7.05 Å². The Balaban J connectivity index is 1.51. The first-order valence-corrected chi connectivity index (χ1v) is 9.97. The molecule has 0 bridgehead atoms. The van der Waals surface area contributed by atoms with Gasteiger partial charge in [0.25, 0.3) is 0 Å². The van der Waals surface area contributed by atoms with E-state index in [-0.39, 0.29) is 6.09 Å². The number of rotatable bonds is 2. The van der Waals surface area contributed by atoms with E-state index in [1.54, 1.807) is 16.2 Å². The van der Waals surface area contributed by atoms with Crippen molar-refractivity contribution in [2.45, 2.75) is 45.8 Å². The van der Waals surface area contributed by atoms with E-state index in [9.17, 15) is 4.79 Å². The number of imidazole rings is 1. The van der Waals surface area contributed by atoms with E-state index in [1.807, 2.05) is 46.0 Å². The maximum absolute atomic E-state index is 12.3. The predicted molar refractivity (Wildman–Crippen MR) is 106 cm³/mol. The highest BCUT2D eigenvalue weighted by atomic mass is 32.1. The van der Waals surface area contributed by atoms with Gasteiger partial charge in [0.1, 0.15) is 16.4 Å². The Morgan fingerprint density at radius 3 is 2.78 bits per heavy atom. The van der Waals surface area contributed by atoms with Crippen molar-refractivity contribution < 1.29 is 9.53 Å². The summed E-state index contributed by atoms with van der Waals surface area (Å²) in [6.45, 7) is 6.90. The van der Waals surface area contributed by atoms with Crippen LogP contribution in [0.5, 0.6) is 0 Å². The van der Waals surface area contributed by atoms with Crippen molar-refractivity contribution in [3.8, 4) is 0 Å². The Morgan fingerprint density at radius 1 is 1.26 bits per heavy atom. The van der Waals surface area contributed by atoms with Crippen molar-refractivity contribution >= 4 is 28.5 Å². The Hall–Kier alpha value is -2.41. The number of nitrogens with zero attached hydrogens (tertiary/aromatic N) is 4. The first kappa shape index (κ1) is 18.0. The van der Waals surface area contributed by atoms with E-state index >= 15 is 0 Å². The first-order chi connectivity index (χ1) is 12.8. The monoisotopic (exact) mass is 384 g/mol. The molecule has 0 saturated carbocycles. The molecule has 7 heteroatoms. The lowest BCUT2D eigenvalue weighted by atomic mass is 10.2. The van der Waals surface area contributed by atoms with Crippen LogP contribution in [0.25, 0.3) is 11.0 Å². The Kier molecular flexibility index (Phi) is 4.42. The lowest BCUT2D eigenvalue weighted by Gasteiger charge is -2.29. The second kappa shape index (κ2) is 6.64. The number of fused-ring (bicyclic) bond motifs is 2. The van der Waals surface area contributed by atoms with Gasteiger partial charge in [-0.25, -0.2) is 14.8 Å². The molecule has 0 atom stereocenters. The molecule has 3 aromatic rings. The minimum absolute atomic E-state index is 0.251. The van der Waals surface area contributed by atoms with E-state index < -0.39 is 5.60 Å². The highest BCUT2D eigenvalue weighted by molar-refractivity contribution is 7.11. The van der Waals surface area contributed by atoms with E-state index in [2.05, 4.69) is 10.6 Å².